The monoisotopic (exact) mass is 269 g/mol. The van der Waals surface area contributed by atoms with E-state index in [1.54, 1.807) is 0 Å². The lowest BCUT2D eigenvalue weighted by molar-refractivity contribution is -0.136. The van der Waals surface area contributed by atoms with Gasteiger partial charge in [-0.25, -0.2) is 4.98 Å². The molecule has 0 amide bonds. The van der Waals surface area contributed by atoms with Gasteiger partial charge in [-0.05, 0) is 17.7 Å². The highest BCUT2D eigenvalue weighted by atomic mass is 32.1. The molecule has 0 radical (unpaired) electrons. The second-order valence-corrected chi connectivity index (χ2v) is 4.82. The van der Waals surface area contributed by atoms with Crippen LogP contribution in [0.5, 0.6) is 0 Å². The molecule has 0 aliphatic heterocycles. The van der Waals surface area contributed by atoms with Gasteiger partial charge in [0.05, 0.1) is 11.0 Å². The summed E-state index contributed by atoms with van der Waals surface area (Å²) in [6.07, 6.45) is 0. The first kappa shape index (κ1) is 12.0. The molecule has 3 rings (SSSR count). The van der Waals surface area contributed by atoms with E-state index in [1.807, 2.05) is 48.5 Å². The first-order chi connectivity index (χ1) is 9.18. The number of benzene rings is 2. The summed E-state index contributed by atoms with van der Waals surface area (Å²) in [5, 5.41) is 10.1. The van der Waals surface area contributed by atoms with Crippen molar-refractivity contribution < 1.29 is 9.90 Å². The summed E-state index contributed by atoms with van der Waals surface area (Å²) in [5.74, 6) is -0.954. The number of carbonyl (C=O) groups is 1. The maximum atomic E-state index is 11.3. The van der Waals surface area contributed by atoms with Gasteiger partial charge < -0.3 is 5.11 Å². The fraction of sp³-hybridized carbons (Fsp3) is 0.0667. The Morgan fingerprint density at radius 2 is 1.47 bits per heavy atom. The fourth-order valence-corrected chi connectivity index (χ4v) is 2.57. The molecule has 0 aliphatic rings. The predicted molar refractivity (Wildman–Crippen MR) is 78.6 cm³/mol. The second kappa shape index (κ2) is 4.55. The summed E-state index contributed by atoms with van der Waals surface area (Å²) in [6.45, 7) is 0. The van der Waals surface area contributed by atoms with Gasteiger partial charge in [-0.2, -0.15) is 12.6 Å². The number of aromatic nitrogens is 1. The Morgan fingerprint density at radius 1 is 1.00 bits per heavy atom. The zero-order valence-corrected chi connectivity index (χ0v) is 10.8. The van der Waals surface area contributed by atoms with Crippen LogP contribution in [0, 0.1) is 0 Å². The number of hydrogen-bond donors (Lipinski definition) is 2. The van der Waals surface area contributed by atoms with E-state index in [0.717, 1.165) is 21.8 Å². The Morgan fingerprint density at radius 3 is 1.95 bits per heavy atom. The van der Waals surface area contributed by atoms with Crippen molar-refractivity contribution in [3.05, 3.63) is 54.1 Å². The molecule has 1 atom stereocenters. The molecular weight excluding hydrogens is 258 g/mol. The molecule has 19 heavy (non-hydrogen) atoms. The standard InChI is InChI=1S/C15H11NO2S/c17-15(18)14(19)13-9-5-1-3-7-11(9)16-12-8-4-2-6-10(12)13/h1-8,14,19H,(H,17,18). The smallest absolute Gasteiger partial charge is 0.320 e. The number of hydrogen-bond acceptors (Lipinski definition) is 3. The number of aliphatic carboxylic acids is 1. The van der Waals surface area contributed by atoms with E-state index in [4.69, 9.17) is 0 Å². The van der Waals surface area contributed by atoms with Crippen LogP contribution in [0.4, 0.5) is 0 Å². The van der Waals surface area contributed by atoms with E-state index >= 15 is 0 Å². The van der Waals surface area contributed by atoms with Gasteiger partial charge >= 0.3 is 5.97 Å². The molecule has 0 bridgehead atoms. The van der Waals surface area contributed by atoms with Crippen LogP contribution in [0.1, 0.15) is 10.8 Å². The molecule has 4 heteroatoms. The number of nitrogens with zero attached hydrogens (tertiary/aromatic N) is 1. The number of para-hydroxylation sites is 2. The molecule has 0 saturated carbocycles. The highest BCUT2D eigenvalue weighted by Gasteiger charge is 2.20. The minimum Gasteiger partial charge on any atom is -0.480 e. The first-order valence-electron chi connectivity index (χ1n) is 5.87. The van der Waals surface area contributed by atoms with Crippen LogP contribution in [0.2, 0.25) is 0 Å². The number of thiol groups is 1. The number of fused-ring (bicyclic) bond motifs is 2. The van der Waals surface area contributed by atoms with Crippen molar-refractivity contribution in [2.75, 3.05) is 0 Å². The topological polar surface area (TPSA) is 50.2 Å². The summed E-state index contributed by atoms with van der Waals surface area (Å²) in [4.78, 5) is 15.8. The van der Waals surface area contributed by atoms with E-state index in [-0.39, 0.29) is 0 Å². The number of rotatable bonds is 2. The van der Waals surface area contributed by atoms with E-state index in [1.165, 1.54) is 0 Å². The van der Waals surface area contributed by atoms with Gasteiger partial charge in [-0.1, -0.05) is 36.4 Å². The molecule has 3 nitrogen and oxygen atoms in total. The molecular formula is C15H11NO2S. The Labute approximate surface area is 115 Å². The minimum atomic E-state index is -0.954. The Bertz CT molecular complexity index is 731. The fourth-order valence-electron chi connectivity index (χ4n) is 2.29. The van der Waals surface area contributed by atoms with Crippen molar-refractivity contribution in [1.29, 1.82) is 0 Å². The molecule has 0 spiro atoms. The molecule has 3 aromatic rings. The zero-order chi connectivity index (χ0) is 13.4. The third-order valence-corrected chi connectivity index (χ3v) is 3.62. The summed E-state index contributed by atoms with van der Waals surface area (Å²) >= 11 is 4.24. The van der Waals surface area contributed by atoms with E-state index in [9.17, 15) is 9.90 Å². The summed E-state index contributed by atoms with van der Waals surface area (Å²) < 4.78 is 0. The van der Waals surface area contributed by atoms with Crippen LogP contribution in [-0.2, 0) is 4.79 Å². The van der Waals surface area contributed by atoms with Crippen molar-refractivity contribution in [2.24, 2.45) is 0 Å². The Balaban J connectivity index is 2.49. The molecule has 1 heterocycles. The van der Waals surface area contributed by atoms with Gasteiger partial charge in [-0.3, -0.25) is 4.79 Å². The number of pyridine rings is 1. The lowest BCUT2D eigenvalue weighted by Crippen LogP contribution is -2.07. The SMILES string of the molecule is O=C(O)C(S)c1c2ccccc2nc2ccccc12. The van der Waals surface area contributed by atoms with Crippen LogP contribution in [0.3, 0.4) is 0 Å². The Hall–Kier alpha value is -2.07. The molecule has 0 aliphatic carbocycles. The molecule has 0 fully saturated rings. The minimum absolute atomic E-state index is 0.706. The molecule has 94 valence electrons. The summed E-state index contributed by atoms with van der Waals surface area (Å²) in [7, 11) is 0. The van der Waals surface area contributed by atoms with Crippen LogP contribution < -0.4 is 0 Å². The van der Waals surface area contributed by atoms with Crippen LogP contribution in [0.15, 0.2) is 48.5 Å². The molecule has 1 unspecified atom stereocenters. The van der Waals surface area contributed by atoms with E-state index in [0.29, 0.717) is 5.56 Å². The lowest BCUT2D eigenvalue weighted by Gasteiger charge is -2.13. The van der Waals surface area contributed by atoms with E-state index < -0.39 is 11.2 Å². The van der Waals surface area contributed by atoms with Crippen molar-refractivity contribution >= 4 is 40.4 Å². The molecule has 0 saturated heterocycles. The molecule has 2 aromatic carbocycles. The predicted octanol–water partition coefficient (Wildman–Crippen LogP) is 3.44. The quantitative estimate of drug-likeness (QED) is 0.553. The van der Waals surface area contributed by atoms with Gasteiger partial charge in [0, 0.05) is 10.8 Å². The normalized spacial score (nSPS) is 12.7. The maximum Gasteiger partial charge on any atom is 0.320 e. The van der Waals surface area contributed by atoms with Crippen molar-refractivity contribution in [3.8, 4) is 0 Å². The van der Waals surface area contributed by atoms with Crippen LogP contribution in [-0.4, -0.2) is 16.1 Å². The van der Waals surface area contributed by atoms with Crippen LogP contribution >= 0.6 is 12.6 Å². The highest BCUT2D eigenvalue weighted by molar-refractivity contribution is 7.81. The molecule has 1 N–H and O–H groups in total. The van der Waals surface area contributed by atoms with Crippen LogP contribution in [0.25, 0.3) is 21.8 Å². The van der Waals surface area contributed by atoms with Gasteiger partial charge in [-0.15, -0.1) is 0 Å². The maximum absolute atomic E-state index is 11.3. The van der Waals surface area contributed by atoms with Crippen molar-refractivity contribution in [1.82, 2.24) is 4.98 Å². The van der Waals surface area contributed by atoms with Gasteiger partial charge in [0.1, 0.15) is 5.25 Å². The number of carboxylic acids is 1. The Kier molecular flexibility index (Phi) is 2.87. The van der Waals surface area contributed by atoms with E-state index in [2.05, 4.69) is 17.6 Å². The highest BCUT2D eigenvalue weighted by Crippen LogP contribution is 2.33. The van der Waals surface area contributed by atoms with Crippen molar-refractivity contribution in [3.63, 3.8) is 0 Å². The average Bonchev–Trinajstić information content (AvgIpc) is 2.43. The summed E-state index contributed by atoms with van der Waals surface area (Å²) in [5.41, 5.74) is 2.28. The first-order valence-corrected chi connectivity index (χ1v) is 6.38. The van der Waals surface area contributed by atoms with Crippen molar-refractivity contribution in [2.45, 2.75) is 5.25 Å². The average molecular weight is 269 g/mol. The third-order valence-electron chi connectivity index (χ3n) is 3.14. The largest absolute Gasteiger partial charge is 0.480 e. The second-order valence-electron chi connectivity index (χ2n) is 4.30. The van der Waals surface area contributed by atoms with Gasteiger partial charge in [0.2, 0.25) is 0 Å². The lowest BCUT2D eigenvalue weighted by atomic mass is 10.00. The van der Waals surface area contributed by atoms with Gasteiger partial charge in [0.15, 0.2) is 0 Å². The summed E-state index contributed by atoms with van der Waals surface area (Å²) in [6, 6.07) is 15.1. The number of carboxylic acid groups (broad SMARTS) is 1. The zero-order valence-electron chi connectivity index (χ0n) is 9.95. The molecule has 1 aromatic heterocycles. The van der Waals surface area contributed by atoms with Gasteiger partial charge in [0.25, 0.3) is 0 Å². The third kappa shape index (κ3) is 1.94.